The highest BCUT2D eigenvalue weighted by molar-refractivity contribution is 7.13. The summed E-state index contributed by atoms with van der Waals surface area (Å²) in [7, 11) is 0. The van der Waals surface area contributed by atoms with E-state index in [2.05, 4.69) is 50.5 Å². The van der Waals surface area contributed by atoms with Crippen LogP contribution in [-0.4, -0.2) is 8.75 Å². The van der Waals surface area contributed by atoms with Crippen molar-refractivity contribution in [1.82, 2.24) is 8.75 Å². The number of thiophene rings is 1. The van der Waals surface area contributed by atoms with Gasteiger partial charge in [0.2, 0.25) is 0 Å². The molecule has 0 aliphatic rings. The summed E-state index contributed by atoms with van der Waals surface area (Å²) < 4.78 is 9.06. The first-order chi connectivity index (χ1) is 10.8. The predicted molar refractivity (Wildman–Crippen MR) is 98.3 cm³/mol. The fourth-order valence-electron chi connectivity index (χ4n) is 2.34. The molecule has 0 radical (unpaired) electrons. The quantitative estimate of drug-likeness (QED) is 0.554. The van der Waals surface area contributed by atoms with Gasteiger partial charge < -0.3 is 0 Å². The molecule has 1 aromatic carbocycles. The van der Waals surface area contributed by atoms with E-state index in [-0.39, 0.29) is 0 Å². The molecule has 0 saturated heterocycles. The number of aromatic nitrogens is 2. The van der Waals surface area contributed by atoms with Crippen molar-refractivity contribution in [2.45, 2.75) is 13.8 Å². The van der Waals surface area contributed by atoms with Crippen molar-refractivity contribution < 1.29 is 0 Å². The Morgan fingerprint density at radius 3 is 2.64 bits per heavy atom. The average Bonchev–Trinajstić information content (AvgIpc) is 3.21. The average molecular weight is 324 g/mol. The van der Waals surface area contributed by atoms with E-state index in [1.807, 2.05) is 32.1 Å². The Kier molecular flexibility index (Phi) is 4.61. The van der Waals surface area contributed by atoms with E-state index in [1.165, 1.54) is 16.6 Å². The molecule has 3 rings (SSSR count). The topological polar surface area (TPSA) is 25.8 Å². The number of rotatable bonds is 4. The standard InChI is InChI=1S/C18H16N2S2/c1-3-5-8-13(7-4-2)14-10-11-15(16-9-6-12-21-16)18-17(14)19-22-20-18/h3-12H,1-2H3/b5-3-,7-4+,13-8+. The molecule has 0 N–H and O–H groups in total. The van der Waals surface area contributed by atoms with E-state index in [1.54, 1.807) is 11.3 Å². The van der Waals surface area contributed by atoms with Crippen molar-refractivity contribution in [3.05, 3.63) is 65.6 Å². The van der Waals surface area contributed by atoms with Crippen molar-refractivity contribution in [1.29, 1.82) is 0 Å². The number of benzene rings is 1. The molecule has 2 aromatic heterocycles. The molecule has 0 bridgehead atoms. The van der Waals surface area contributed by atoms with Gasteiger partial charge in [0.1, 0.15) is 11.0 Å². The van der Waals surface area contributed by atoms with Gasteiger partial charge in [0.25, 0.3) is 0 Å². The molecule has 0 unspecified atom stereocenters. The van der Waals surface area contributed by atoms with Gasteiger partial charge in [-0.05, 0) is 30.9 Å². The van der Waals surface area contributed by atoms with Gasteiger partial charge in [-0.3, -0.25) is 0 Å². The smallest absolute Gasteiger partial charge is 0.114 e. The second-order valence-electron chi connectivity index (χ2n) is 4.75. The van der Waals surface area contributed by atoms with E-state index in [0.29, 0.717) is 0 Å². The lowest BCUT2D eigenvalue weighted by Gasteiger charge is -2.06. The van der Waals surface area contributed by atoms with Gasteiger partial charge in [-0.1, -0.05) is 48.6 Å². The van der Waals surface area contributed by atoms with Crippen LogP contribution in [0.5, 0.6) is 0 Å². The van der Waals surface area contributed by atoms with Crippen LogP contribution in [0, 0.1) is 0 Å². The third-order valence-electron chi connectivity index (χ3n) is 3.33. The van der Waals surface area contributed by atoms with Crippen molar-refractivity contribution in [3.63, 3.8) is 0 Å². The highest BCUT2D eigenvalue weighted by Gasteiger charge is 2.13. The Morgan fingerprint density at radius 2 is 1.91 bits per heavy atom. The van der Waals surface area contributed by atoms with Crippen molar-refractivity contribution in [2.24, 2.45) is 0 Å². The Labute approximate surface area is 138 Å². The van der Waals surface area contributed by atoms with Gasteiger partial charge in [0.05, 0.1) is 11.7 Å². The van der Waals surface area contributed by atoms with Crippen LogP contribution in [0.4, 0.5) is 0 Å². The number of hydrogen-bond acceptors (Lipinski definition) is 4. The van der Waals surface area contributed by atoms with Crippen molar-refractivity contribution in [3.8, 4) is 10.4 Å². The molecule has 0 fully saturated rings. The Balaban J connectivity index is 2.21. The Bertz CT molecular complexity index is 852. The molecule has 3 aromatic rings. The first-order valence-corrected chi connectivity index (χ1v) is 8.71. The van der Waals surface area contributed by atoms with Gasteiger partial charge in [0, 0.05) is 16.0 Å². The minimum atomic E-state index is 0.977. The molecule has 0 amide bonds. The van der Waals surface area contributed by atoms with E-state index >= 15 is 0 Å². The summed E-state index contributed by atoms with van der Waals surface area (Å²) >= 11 is 3.00. The summed E-state index contributed by atoms with van der Waals surface area (Å²) in [5.41, 5.74) is 5.40. The maximum atomic E-state index is 4.54. The third kappa shape index (κ3) is 2.80. The van der Waals surface area contributed by atoms with Crippen LogP contribution < -0.4 is 0 Å². The molecule has 2 nitrogen and oxygen atoms in total. The number of nitrogens with zero attached hydrogens (tertiary/aromatic N) is 2. The Morgan fingerprint density at radius 1 is 1.05 bits per heavy atom. The number of fused-ring (bicyclic) bond motifs is 1. The van der Waals surface area contributed by atoms with Crippen LogP contribution in [0.25, 0.3) is 27.0 Å². The summed E-state index contributed by atoms with van der Waals surface area (Å²) in [4.78, 5) is 1.23. The Hall–Kier alpha value is -2.04. The molecular formula is C18H16N2S2. The van der Waals surface area contributed by atoms with E-state index in [0.717, 1.165) is 27.7 Å². The summed E-state index contributed by atoms with van der Waals surface area (Å²) in [5.74, 6) is 0. The fraction of sp³-hybridized carbons (Fsp3) is 0.111. The summed E-state index contributed by atoms with van der Waals surface area (Å²) in [6, 6.07) is 8.49. The zero-order valence-electron chi connectivity index (χ0n) is 12.5. The molecule has 4 heteroatoms. The molecule has 22 heavy (non-hydrogen) atoms. The second-order valence-corrected chi connectivity index (χ2v) is 6.22. The number of hydrogen-bond donors (Lipinski definition) is 0. The summed E-state index contributed by atoms with van der Waals surface area (Å²) in [6.07, 6.45) is 10.3. The van der Waals surface area contributed by atoms with Gasteiger partial charge in [-0.2, -0.15) is 8.75 Å². The first-order valence-electron chi connectivity index (χ1n) is 7.10. The van der Waals surface area contributed by atoms with Crippen LogP contribution in [0.1, 0.15) is 19.4 Å². The van der Waals surface area contributed by atoms with E-state index < -0.39 is 0 Å². The molecule has 0 spiro atoms. The van der Waals surface area contributed by atoms with Crippen molar-refractivity contribution >= 4 is 39.7 Å². The minimum absolute atomic E-state index is 0.977. The van der Waals surface area contributed by atoms with E-state index in [4.69, 9.17) is 0 Å². The van der Waals surface area contributed by atoms with Crippen LogP contribution in [0.2, 0.25) is 0 Å². The minimum Gasteiger partial charge on any atom is -0.172 e. The van der Waals surface area contributed by atoms with Gasteiger partial charge in [-0.15, -0.1) is 11.3 Å². The largest absolute Gasteiger partial charge is 0.172 e. The van der Waals surface area contributed by atoms with Crippen LogP contribution in [-0.2, 0) is 0 Å². The SMILES string of the molecule is C\C=C/C=C(\C=C\C)c1ccc(-c2cccs2)c2nsnc12. The molecule has 0 aliphatic heterocycles. The molecule has 2 heterocycles. The van der Waals surface area contributed by atoms with Crippen LogP contribution >= 0.6 is 23.1 Å². The zero-order valence-corrected chi connectivity index (χ0v) is 14.1. The number of allylic oxidation sites excluding steroid dienone is 6. The highest BCUT2D eigenvalue weighted by atomic mass is 32.1. The molecule has 0 aliphatic carbocycles. The van der Waals surface area contributed by atoms with E-state index in [9.17, 15) is 0 Å². The molecule has 0 atom stereocenters. The fourth-order valence-corrected chi connectivity index (χ4v) is 3.67. The lowest BCUT2D eigenvalue weighted by Crippen LogP contribution is -1.86. The molecular weight excluding hydrogens is 308 g/mol. The zero-order chi connectivity index (χ0) is 15.4. The predicted octanol–water partition coefficient (Wildman–Crippen LogP) is 5.96. The summed E-state index contributed by atoms with van der Waals surface area (Å²) in [6.45, 7) is 4.05. The van der Waals surface area contributed by atoms with Gasteiger partial charge >= 0.3 is 0 Å². The first kappa shape index (κ1) is 14.9. The van der Waals surface area contributed by atoms with Crippen molar-refractivity contribution in [2.75, 3.05) is 0 Å². The summed E-state index contributed by atoms with van der Waals surface area (Å²) in [5, 5.41) is 2.09. The lowest BCUT2D eigenvalue weighted by atomic mass is 10.00. The monoisotopic (exact) mass is 324 g/mol. The highest BCUT2D eigenvalue weighted by Crippen LogP contribution is 2.34. The van der Waals surface area contributed by atoms with Gasteiger partial charge in [-0.25, -0.2) is 0 Å². The third-order valence-corrected chi connectivity index (χ3v) is 4.76. The molecule has 0 saturated carbocycles. The van der Waals surface area contributed by atoms with Crippen LogP contribution in [0.15, 0.2) is 60.0 Å². The lowest BCUT2D eigenvalue weighted by molar-refractivity contribution is 1.58. The maximum Gasteiger partial charge on any atom is 0.114 e. The maximum absolute atomic E-state index is 4.54. The second kappa shape index (κ2) is 6.81. The molecule has 110 valence electrons. The normalized spacial score (nSPS) is 12.9. The van der Waals surface area contributed by atoms with Gasteiger partial charge in [0.15, 0.2) is 0 Å². The van der Waals surface area contributed by atoms with Crippen LogP contribution in [0.3, 0.4) is 0 Å².